The molecule has 25 heavy (non-hydrogen) atoms. The maximum absolute atomic E-state index is 11.2. The number of halogens is 1. The monoisotopic (exact) mass is 372 g/mol. The first kappa shape index (κ1) is 17.5. The highest BCUT2D eigenvalue weighted by atomic mass is 35.5. The molecule has 3 aromatic rings. The van der Waals surface area contributed by atoms with Gasteiger partial charge in [-0.05, 0) is 36.2 Å². The second-order valence-corrected chi connectivity index (χ2v) is 7.06. The van der Waals surface area contributed by atoms with Crippen molar-refractivity contribution >= 4 is 39.7 Å². The molecule has 0 spiro atoms. The fourth-order valence-corrected chi connectivity index (χ4v) is 3.56. The summed E-state index contributed by atoms with van der Waals surface area (Å²) in [4.78, 5) is 16.5. The van der Waals surface area contributed by atoms with Crippen LogP contribution in [0.25, 0.3) is 11.3 Å². The summed E-state index contributed by atoms with van der Waals surface area (Å²) in [6.07, 6.45) is 0.910. The van der Waals surface area contributed by atoms with Crippen molar-refractivity contribution < 1.29 is 9.90 Å². The predicted octanol–water partition coefficient (Wildman–Crippen LogP) is 5.40. The molecule has 4 nitrogen and oxygen atoms in total. The maximum Gasteiger partial charge on any atom is 0.308 e. The van der Waals surface area contributed by atoms with E-state index in [-0.39, 0.29) is 6.42 Å². The van der Waals surface area contributed by atoms with Gasteiger partial charge < -0.3 is 10.4 Å². The average Bonchev–Trinajstić information content (AvgIpc) is 2.98. The van der Waals surface area contributed by atoms with Gasteiger partial charge in [-0.2, -0.15) is 0 Å². The third-order valence-corrected chi connectivity index (χ3v) is 4.96. The lowest BCUT2D eigenvalue weighted by Gasteiger charge is -2.03. The van der Waals surface area contributed by atoms with Crippen LogP contribution in [0.5, 0.6) is 0 Å². The molecule has 6 heteroatoms. The number of anilines is 2. The number of rotatable bonds is 6. The summed E-state index contributed by atoms with van der Waals surface area (Å²) in [6, 6.07) is 15.4. The lowest BCUT2D eigenvalue weighted by molar-refractivity contribution is -0.136. The number of aromatic nitrogens is 1. The Bertz CT molecular complexity index is 873. The molecule has 128 valence electrons. The largest absolute Gasteiger partial charge is 0.481 e. The second kappa shape index (κ2) is 7.68. The standard InChI is InChI=1S/C19H17ClN2O2S/c1-2-12-3-5-13(6-4-12)18-16(11-17(23)24)25-19(22-18)21-15-9-7-14(20)8-10-15/h3-10H,2,11H2,1H3,(H,21,22)(H,23,24). The molecule has 0 fully saturated rings. The highest BCUT2D eigenvalue weighted by Gasteiger charge is 2.16. The van der Waals surface area contributed by atoms with E-state index in [0.29, 0.717) is 15.8 Å². The summed E-state index contributed by atoms with van der Waals surface area (Å²) in [6.45, 7) is 2.10. The second-order valence-electron chi connectivity index (χ2n) is 5.54. The molecule has 0 aliphatic carbocycles. The van der Waals surface area contributed by atoms with Crippen LogP contribution in [0.3, 0.4) is 0 Å². The van der Waals surface area contributed by atoms with Gasteiger partial charge in [0.15, 0.2) is 5.13 Å². The summed E-state index contributed by atoms with van der Waals surface area (Å²) in [5.74, 6) is -0.867. The molecular formula is C19H17ClN2O2S. The Balaban J connectivity index is 1.93. The third-order valence-electron chi connectivity index (χ3n) is 3.74. The van der Waals surface area contributed by atoms with Gasteiger partial charge in [0.05, 0.1) is 12.1 Å². The molecule has 2 N–H and O–H groups in total. The Hall–Kier alpha value is -2.37. The summed E-state index contributed by atoms with van der Waals surface area (Å²) in [5, 5.41) is 13.7. The summed E-state index contributed by atoms with van der Waals surface area (Å²) in [5.41, 5.74) is 3.73. The van der Waals surface area contributed by atoms with Crippen LogP contribution in [0.1, 0.15) is 17.4 Å². The van der Waals surface area contributed by atoms with Crippen LogP contribution in [0, 0.1) is 0 Å². The maximum atomic E-state index is 11.2. The van der Waals surface area contributed by atoms with Gasteiger partial charge in [-0.25, -0.2) is 4.98 Å². The number of nitrogens with zero attached hydrogens (tertiary/aromatic N) is 1. The molecule has 3 rings (SSSR count). The van der Waals surface area contributed by atoms with Gasteiger partial charge in [0, 0.05) is 21.2 Å². The molecule has 0 aliphatic rings. The van der Waals surface area contributed by atoms with Gasteiger partial charge in [0.2, 0.25) is 0 Å². The third kappa shape index (κ3) is 4.38. The first-order valence-electron chi connectivity index (χ1n) is 7.88. The highest BCUT2D eigenvalue weighted by Crippen LogP contribution is 2.33. The van der Waals surface area contributed by atoms with Crippen molar-refractivity contribution in [2.75, 3.05) is 5.32 Å². The zero-order valence-corrected chi connectivity index (χ0v) is 15.2. The lowest BCUT2D eigenvalue weighted by atomic mass is 10.1. The van der Waals surface area contributed by atoms with Crippen molar-refractivity contribution in [1.29, 1.82) is 0 Å². The van der Waals surface area contributed by atoms with Gasteiger partial charge in [0.1, 0.15) is 0 Å². The Morgan fingerprint density at radius 1 is 1.16 bits per heavy atom. The zero-order valence-electron chi connectivity index (χ0n) is 13.6. The van der Waals surface area contributed by atoms with Gasteiger partial charge in [0.25, 0.3) is 0 Å². The van der Waals surface area contributed by atoms with Crippen molar-refractivity contribution in [3.63, 3.8) is 0 Å². The van der Waals surface area contributed by atoms with E-state index in [1.807, 2.05) is 36.4 Å². The fourth-order valence-electron chi connectivity index (χ4n) is 2.44. The quantitative estimate of drug-likeness (QED) is 0.608. The van der Waals surface area contributed by atoms with Gasteiger partial charge in [-0.3, -0.25) is 4.79 Å². The van der Waals surface area contributed by atoms with E-state index < -0.39 is 5.97 Å². The number of carboxylic acid groups (broad SMARTS) is 1. The van der Waals surface area contributed by atoms with Crippen LogP contribution in [0.15, 0.2) is 48.5 Å². The molecule has 0 atom stereocenters. The van der Waals surface area contributed by atoms with Crippen LogP contribution in [0.4, 0.5) is 10.8 Å². The lowest BCUT2D eigenvalue weighted by Crippen LogP contribution is -1.99. The van der Waals surface area contributed by atoms with Crippen molar-refractivity contribution in [1.82, 2.24) is 4.98 Å². The number of carboxylic acids is 1. The Morgan fingerprint density at radius 2 is 1.84 bits per heavy atom. The first-order valence-corrected chi connectivity index (χ1v) is 9.08. The minimum atomic E-state index is -0.867. The number of thiazole rings is 1. The van der Waals surface area contributed by atoms with Gasteiger partial charge in [-0.15, -0.1) is 11.3 Å². The van der Waals surface area contributed by atoms with Gasteiger partial charge >= 0.3 is 5.97 Å². The normalized spacial score (nSPS) is 10.6. The minimum absolute atomic E-state index is 0.0508. The number of aliphatic carboxylic acids is 1. The Labute approximate surface area is 155 Å². The smallest absolute Gasteiger partial charge is 0.308 e. The summed E-state index contributed by atoms with van der Waals surface area (Å²) >= 11 is 7.26. The Morgan fingerprint density at radius 3 is 2.44 bits per heavy atom. The molecular weight excluding hydrogens is 356 g/mol. The summed E-state index contributed by atoms with van der Waals surface area (Å²) in [7, 11) is 0. The highest BCUT2D eigenvalue weighted by molar-refractivity contribution is 7.16. The van der Waals surface area contributed by atoms with E-state index in [1.54, 1.807) is 12.1 Å². The number of aryl methyl sites for hydroxylation is 1. The molecule has 2 aromatic carbocycles. The number of hydrogen-bond acceptors (Lipinski definition) is 4. The Kier molecular flexibility index (Phi) is 5.36. The number of carbonyl (C=O) groups is 1. The van der Waals surface area contributed by atoms with Crippen LogP contribution in [-0.2, 0) is 17.6 Å². The molecule has 0 unspecified atom stereocenters. The average molecular weight is 373 g/mol. The van der Waals surface area contributed by atoms with Crippen molar-refractivity contribution in [2.45, 2.75) is 19.8 Å². The number of nitrogens with one attached hydrogen (secondary N) is 1. The zero-order chi connectivity index (χ0) is 17.8. The van der Waals surface area contributed by atoms with Crippen molar-refractivity contribution in [3.05, 3.63) is 64.0 Å². The minimum Gasteiger partial charge on any atom is -0.481 e. The predicted molar refractivity (Wildman–Crippen MR) is 103 cm³/mol. The molecule has 1 heterocycles. The topological polar surface area (TPSA) is 62.2 Å². The van der Waals surface area contributed by atoms with E-state index in [4.69, 9.17) is 11.6 Å². The first-order chi connectivity index (χ1) is 12.0. The molecule has 0 saturated carbocycles. The number of benzene rings is 2. The molecule has 0 aliphatic heterocycles. The number of hydrogen-bond donors (Lipinski definition) is 2. The van der Waals surface area contributed by atoms with E-state index in [1.165, 1.54) is 16.9 Å². The summed E-state index contributed by atoms with van der Waals surface area (Å²) < 4.78 is 0. The van der Waals surface area contributed by atoms with Crippen molar-refractivity contribution in [3.8, 4) is 11.3 Å². The molecule has 0 saturated heterocycles. The SMILES string of the molecule is CCc1ccc(-c2nc(Nc3ccc(Cl)cc3)sc2CC(=O)O)cc1. The van der Waals surface area contributed by atoms with Crippen LogP contribution in [0.2, 0.25) is 5.02 Å². The molecule has 0 bridgehead atoms. The van der Waals surface area contributed by atoms with E-state index >= 15 is 0 Å². The van der Waals surface area contributed by atoms with E-state index in [2.05, 4.69) is 17.2 Å². The van der Waals surface area contributed by atoms with Gasteiger partial charge in [-0.1, -0.05) is 42.8 Å². The van der Waals surface area contributed by atoms with Crippen molar-refractivity contribution in [2.24, 2.45) is 0 Å². The van der Waals surface area contributed by atoms with E-state index in [9.17, 15) is 9.90 Å². The van der Waals surface area contributed by atoms with Crippen LogP contribution >= 0.6 is 22.9 Å². The van der Waals surface area contributed by atoms with Crippen LogP contribution < -0.4 is 5.32 Å². The fraction of sp³-hybridized carbons (Fsp3) is 0.158. The molecule has 1 aromatic heterocycles. The van der Waals surface area contributed by atoms with Crippen LogP contribution in [-0.4, -0.2) is 16.1 Å². The molecule has 0 radical (unpaired) electrons. The molecule has 0 amide bonds. The van der Waals surface area contributed by atoms with E-state index in [0.717, 1.165) is 22.5 Å².